The Morgan fingerprint density at radius 3 is 3.32 bits per heavy atom. The Balaban J connectivity index is 1.71. The van der Waals surface area contributed by atoms with Gasteiger partial charge < -0.3 is 5.32 Å². The summed E-state index contributed by atoms with van der Waals surface area (Å²) in [5.74, 6) is 1.68. The van der Waals surface area contributed by atoms with E-state index in [4.69, 9.17) is 0 Å². The highest BCUT2D eigenvalue weighted by Crippen LogP contribution is 2.26. The zero-order valence-corrected chi connectivity index (χ0v) is 10.1. The van der Waals surface area contributed by atoms with Crippen molar-refractivity contribution in [2.24, 2.45) is 0 Å². The third-order valence-electron chi connectivity index (χ3n) is 3.35. The Bertz CT molecular complexity index is 714. The normalized spacial score (nSPS) is 18.4. The zero-order valence-electron chi connectivity index (χ0n) is 10.1. The second kappa shape index (κ2) is 4.01. The first kappa shape index (κ1) is 10.4. The minimum absolute atomic E-state index is 0.117. The summed E-state index contributed by atoms with van der Waals surface area (Å²) in [5.41, 5.74) is 0.721. The van der Waals surface area contributed by atoms with Crippen molar-refractivity contribution in [1.29, 1.82) is 0 Å². The molecule has 3 aromatic rings. The predicted molar refractivity (Wildman–Crippen MR) is 66.4 cm³/mol. The summed E-state index contributed by atoms with van der Waals surface area (Å²) in [6.45, 7) is 0.927. The molecule has 0 saturated heterocycles. The Labute approximate surface area is 108 Å². The summed E-state index contributed by atoms with van der Waals surface area (Å²) in [7, 11) is 0. The van der Waals surface area contributed by atoms with Crippen LogP contribution < -0.4 is 5.32 Å². The van der Waals surface area contributed by atoms with Gasteiger partial charge in [-0.1, -0.05) is 0 Å². The number of aryl methyl sites for hydroxylation is 1. The number of rotatable bonds is 2. The largest absolute Gasteiger partial charge is 0.357 e. The highest BCUT2D eigenvalue weighted by Gasteiger charge is 2.23. The van der Waals surface area contributed by atoms with Gasteiger partial charge in [0.1, 0.15) is 18.5 Å². The van der Waals surface area contributed by atoms with Crippen LogP contribution >= 0.6 is 0 Å². The van der Waals surface area contributed by atoms with Crippen LogP contribution in [-0.2, 0) is 6.54 Å². The fraction of sp³-hybridized carbons (Fsp3) is 0.364. The van der Waals surface area contributed by atoms with Crippen LogP contribution in [-0.4, -0.2) is 34.3 Å². The average Bonchev–Trinajstić information content (AvgIpc) is 3.08. The Kier molecular flexibility index (Phi) is 2.20. The van der Waals surface area contributed by atoms with Crippen LogP contribution in [0.1, 0.15) is 24.7 Å². The fourth-order valence-electron chi connectivity index (χ4n) is 2.45. The van der Waals surface area contributed by atoms with Crippen LogP contribution in [0.3, 0.4) is 0 Å². The molecule has 1 aliphatic heterocycles. The number of hydrogen-bond acceptors (Lipinski definition) is 6. The quantitative estimate of drug-likeness (QED) is 0.725. The highest BCUT2D eigenvalue weighted by atomic mass is 15.4. The van der Waals surface area contributed by atoms with Crippen molar-refractivity contribution >= 4 is 11.5 Å². The van der Waals surface area contributed by atoms with Crippen molar-refractivity contribution in [3.8, 4) is 0 Å². The van der Waals surface area contributed by atoms with E-state index in [2.05, 4.69) is 30.6 Å². The number of nitrogens with zero attached hydrogens (tertiary/aromatic N) is 7. The van der Waals surface area contributed by atoms with Crippen LogP contribution in [0.25, 0.3) is 5.65 Å². The second-order valence-corrected chi connectivity index (χ2v) is 4.52. The van der Waals surface area contributed by atoms with Gasteiger partial charge in [0.25, 0.3) is 0 Å². The van der Waals surface area contributed by atoms with Gasteiger partial charge in [-0.3, -0.25) is 4.40 Å². The van der Waals surface area contributed by atoms with Crippen molar-refractivity contribution in [2.45, 2.75) is 25.4 Å². The van der Waals surface area contributed by atoms with Gasteiger partial charge in [-0.2, -0.15) is 5.10 Å². The molecule has 1 atom stereocenters. The van der Waals surface area contributed by atoms with Crippen molar-refractivity contribution in [3.05, 3.63) is 30.9 Å². The van der Waals surface area contributed by atoms with Crippen molar-refractivity contribution in [1.82, 2.24) is 34.3 Å². The first-order valence-electron chi connectivity index (χ1n) is 6.20. The van der Waals surface area contributed by atoms with Crippen LogP contribution in [0.15, 0.2) is 25.0 Å². The van der Waals surface area contributed by atoms with Gasteiger partial charge in [0.15, 0.2) is 5.82 Å². The van der Waals surface area contributed by atoms with Gasteiger partial charge >= 0.3 is 0 Å². The molecule has 4 rings (SSSR count). The van der Waals surface area contributed by atoms with E-state index in [-0.39, 0.29) is 6.04 Å². The number of anilines is 1. The van der Waals surface area contributed by atoms with E-state index >= 15 is 0 Å². The molecule has 1 N–H and O–H groups in total. The molecule has 1 unspecified atom stereocenters. The molecule has 96 valence electrons. The average molecular weight is 256 g/mol. The van der Waals surface area contributed by atoms with Gasteiger partial charge in [0.05, 0.1) is 6.04 Å². The maximum Gasteiger partial charge on any atom is 0.203 e. The Morgan fingerprint density at radius 2 is 2.32 bits per heavy atom. The summed E-state index contributed by atoms with van der Waals surface area (Å²) in [6.07, 6.45) is 8.89. The monoisotopic (exact) mass is 256 g/mol. The number of nitrogens with one attached hydrogen (secondary N) is 1. The van der Waals surface area contributed by atoms with Gasteiger partial charge in [-0.25, -0.2) is 14.6 Å². The van der Waals surface area contributed by atoms with Crippen LogP contribution in [0.4, 0.5) is 5.82 Å². The van der Waals surface area contributed by atoms with Gasteiger partial charge in [-0.05, 0) is 12.8 Å². The lowest BCUT2D eigenvalue weighted by molar-refractivity contribution is 0.437. The zero-order chi connectivity index (χ0) is 12.7. The van der Waals surface area contributed by atoms with Crippen LogP contribution in [0.2, 0.25) is 0 Å². The summed E-state index contributed by atoms with van der Waals surface area (Å²) in [6, 6.07) is 0.117. The van der Waals surface area contributed by atoms with Crippen LogP contribution in [0, 0.1) is 0 Å². The molecule has 0 amide bonds. The highest BCUT2D eigenvalue weighted by molar-refractivity contribution is 5.61. The molecule has 0 aliphatic carbocycles. The van der Waals surface area contributed by atoms with Gasteiger partial charge in [-0.15, -0.1) is 10.2 Å². The minimum Gasteiger partial charge on any atom is -0.357 e. The Morgan fingerprint density at radius 1 is 1.32 bits per heavy atom. The lowest BCUT2D eigenvalue weighted by Gasteiger charge is -2.23. The topological polar surface area (TPSA) is 85.8 Å². The molecule has 8 nitrogen and oxygen atoms in total. The van der Waals surface area contributed by atoms with Crippen molar-refractivity contribution in [3.63, 3.8) is 0 Å². The fourth-order valence-corrected chi connectivity index (χ4v) is 2.45. The van der Waals surface area contributed by atoms with E-state index < -0.39 is 0 Å². The molecule has 0 fully saturated rings. The van der Waals surface area contributed by atoms with Crippen molar-refractivity contribution in [2.75, 3.05) is 5.32 Å². The van der Waals surface area contributed by atoms with Crippen molar-refractivity contribution < 1.29 is 0 Å². The Hall–Kier alpha value is -2.51. The second-order valence-electron chi connectivity index (χ2n) is 4.52. The minimum atomic E-state index is 0.117. The molecule has 3 aromatic heterocycles. The predicted octanol–water partition coefficient (Wildman–Crippen LogP) is 0.663. The number of fused-ring (bicyclic) bond motifs is 2. The summed E-state index contributed by atoms with van der Waals surface area (Å²) >= 11 is 0. The number of aromatic nitrogens is 7. The van der Waals surface area contributed by atoms with E-state index in [1.807, 2.05) is 15.3 Å². The maximum atomic E-state index is 4.34. The molecule has 0 bridgehead atoms. The molecule has 8 heteroatoms. The molecule has 1 aliphatic rings. The third-order valence-corrected chi connectivity index (χ3v) is 3.35. The molecule has 0 spiro atoms. The molecule has 0 aromatic carbocycles. The summed E-state index contributed by atoms with van der Waals surface area (Å²) < 4.78 is 3.77. The third kappa shape index (κ3) is 1.64. The molecule has 0 radical (unpaired) electrons. The number of hydrogen-bond donors (Lipinski definition) is 1. The van der Waals surface area contributed by atoms with Gasteiger partial charge in [0, 0.05) is 18.9 Å². The van der Waals surface area contributed by atoms with E-state index in [0.29, 0.717) is 0 Å². The SMILES string of the molecule is c1cn2cnnc2c(NC2CCCn3ncnc32)n1. The first-order chi connectivity index (χ1) is 9.42. The van der Waals surface area contributed by atoms with Crippen LogP contribution in [0.5, 0.6) is 0 Å². The van der Waals surface area contributed by atoms with Gasteiger partial charge in [0.2, 0.25) is 5.65 Å². The lowest BCUT2D eigenvalue weighted by Crippen LogP contribution is -2.23. The summed E-state index contributed by atoms with van der Waals surface area (Å²) in [4.78, 5) is 8.66. The molecule has 0 saturated carbocycles. The van der Waals surface area contributed by atoms with E-state index in [1.54, 1.807) is 18.9 Å². The van der Waals surface area contributed by atoms with E-state index in [0.717, 1.165) is 36.7 Å². The lowest BCUT2D eigenvalue weighted by atomic mass is 10.1. The standard InChI is InChI=1S/C11H12N8/c1-2-8(10-13-6-15-19(10)4-1)16-9-11-17-14-7-18(11)5-3-12-9/h3,5-8H,1-2,4H2,(H,12,16). The molecule has 19 heavy (non-hydrogen) atoms. The van der Waals surface area contributed by atoms with E-state index in [1.165, 1.54) is 0 Å². The molecular formula is C11H12N8. The first-order valence-corrected chi connectivity index (χ1v) is 6.20. The smallest absolute Gasteiger partial charge is 0.203 e. The summed E-state index contributed by atoms with van der Waals surface area (Å²) in [5, 5.41) is 15.6. The maximum absolute atomic E-state index is 4.34. The molecular weight excluding hydrogens is 244 g/mol. The molecule has 4 heterocycles. The van der Waals surface area contributed by atoms with E-state index in [9.17, 15) is 0 Å².